The van der Waals surface area contributed by atoms with Crippen molar-refractivity contribution in [1.82, 2.24) is 29.1 Å². The highest BCUT2D eigenvalue weighted by Crippen LogP contribution is 2.63. The molecule has 0 amide bonds. The number of hydrogen-bond donors (Lipinski definition) is 4. The summed E-state index contributed by atoms with van der Waals surface area (Å²) in [5.74, 6) is 0.0611. The quantitative estimate of drug-likeness (QED) is 0.0677. The molecular formula is C32H40N7O12PS. The Hall–Kier alpha value is -3.98. The lowest BCUT2D eigenvalue weighted by atomic mass is 10.1. The number of aliphatic hydroxyl groups excluding tert-OH is 2. The van der Waals surface area contributed by atoms with E-state index in [1.165, 1.54) is 26.0 Å². The SMILES string of the molecule is COC1[C@@H](OP(=O)(OC[C@H]2O[C@@H](n3cnc4c(N)ncnc43)C[C@H]2O)SCCCCCOC(=O)c2ccccc2)[C@@H](CO)O[C@H]1n1ccc(=O)[nH]c1=O. The number of carbonyl (C=O) groups excluding carboxylic acids is 1. The van der Waals surface area contributed by atoms with Crippen molar-refractivity contribution in [1.29, 1.82) is 0 Å². The number of nitrogens with two attached hydrogens (primary N) is 1. The van der Waals surface area contributed by atoms with E-state index in [1.54, 1.807) is 34.9 Å². The second-order valence-electron chi connectivity index (χ2n) is 12.2. The number of H-pyrrole nitrogens is 1. The average Bonchev–Trinajstić information content (AvgIpc) is 3.85. The number of ether oxygens (including phenoxy) is 4. The smallest absolute Gasteiger partial charge is 0.389 e. The van der Waals surface area contributed by atoms with Gasteiger partial charge in [0, 0.05) is 31.5 Å². The van der Waals surface area contributed by atoms with Crippen LogP contribution >= 0.6 is 18.2 Å². The normalized spacial score (nSPS) is 25.5. The molecular weight excluding hydrogens is 737 g/mol. The molecule has 2 aliphatic heterocycles. The summed E-state index contributed by atoms with van der Waals surface area (Å²) in [6.07, 6.45) is -1.36. The number of nitrogens with one attached hydrogen (secondary N) is 1. The molecule has 21 heteroatoms. The number of carbonyl (C=O) groups is 1. The second-order valence-corrected chi connectivity index (χ2v) is 16.3. The zero-order valence-electron chi connectivity index (χ0n) is 28.5. The number of fused-ring (bicyclic) bond motifs is 1. The fourth-order valence-electron chi connectivity index (χ4n) is 5.99. The van der Waals surface area contributed by atoms with Crippen molar-refractivity contribution in [3.05, 3.63) is 81.7 Å². The Morgan fingerprint density at radius 1 is 1.08 bits per heavy atom. The molecule has 2 fully saturated rings. The fourth-order valence-corrected chi connectivity index (χ4v) is 9.57. The molecule has 0 radical (unpaired) electrons. The largest absolute Gasteiger partial charge is 0.462 e. The molecule has 2 unspecified atom stereocenters. The van der Waals surface area contributed by atoms with Crippen LogP contribution in [0.3, 0.4) is 0 Å². The number of rotatable bonds is 17. The van der Waals surface area contributed by atoms with Gasteiger partial charge < -0.3 is 34.9 Å². The Morgan fingerprint density at radius 2 is 1.89 bits per heavy atom. The zero-order valence-corrected chi connectivity index (χ0v) is 30.3. The van der Waals surface area contributed by atoms with Crippen LogP contribution in [0.2, 0.25) is 0 Å². The summed E-state index contributed by atoms with van der Waals surface area (Å²) in [4.78, 5) is 51.1. The molecule has 19 nitrogen and oxygen atoms in total. The Morgan fingerprint density at radius 3 is 2.64 bits per heavy atom. The van der Waals surface area contributed by atoms with Gasteiger partial charge in [-0.2, -0.15) is 0 Å². The fraction of sp³-hybridized carbons (Fsp3) is 0.500. The van der Waals surface area contributed by atoms with Gasteiger partial charge in [0.1, 0.15) is 42.5 Å². The number of imidazole rings is 1. The summed E-state index contributed by atoms with van der Waals surface area (Å²) >= 11 is 0.897. The van der Waals surface area contributed by atoms with Gasteiger partial charge >= 0.3 is 18.5 Å². The lowest BCUT2D eigenvalue weighted by Crippen LogP contribution is -2.39. The van der Waals surface area contributed by atoms with E-state index in [4.69, 9.17) is 33.7 Å². The predicted octanol–water partition coefficient (Wildman–Crippen LogP) is 1.78. The van der Waals surface area contributed by atoms with Crippen LogP contribution in [-0.2, 0) is 32.6 Å². The van der Waals surface area contributed by atoms with Crippen molar-refractivity contribution in [3.63, 3.8) is 0 Å². The average molecular weight is 778 g/mol. The molecule has 5 heterocycles. The van der Waals surface area contributed by atoms with E-state index in [2.05, 4.69) is 19.9 Å². The van der Waals surface area contributed by atoms with Gasteiger partial charge in [-0.1, -0.05) is 18.2 Å². The first-order valence-electron chi connectivity index (χ1n) is 16.8. The molecule has 6 rings (SSSR count). The molecule has 286 valence electrons. The van der Waals surface area contributed by atoms with E-state index in [-0.39, 0.29) is 25.5 Å². The number of aromatic nitrogens is 6. The van der Waals surface area contributed by atoms with E-state index in [1.807, 2.05) is 0 Å². The van der Waals surface area contributed by atoms with Gasteiger partial charge in [-0.3, -0.25) is 28.0 Å². The maximum absolute atomic E-state index is 14.5. The maximum Gasteiger partial charge on any atom is 0.389 e. The molecule has 2 saturated heterocycles. The number of unbranched alkanes of at least 4 members (excludes halogenated alkanes) is 2. The predicted molar refractivity (Wildman–Crippen MR) is 189 cm³/mol. The van der Waals surface area contributed by atoms with E-state index < -0.39 is 73.6 Å². The molecule has 1 aromatic carbocycles. The van der Waals surface area contributed by atoms with Gasteiger partial charge in [0.15, 0.2) is 17.7 Å². The van der Waals surface area contributed by atoms with E-state index >= 15 is 0 Å². The minimum atomic E-state index is -4.16. The van der Waals surface area contributed by atoms with Gasteiger partial charge in [0.2, 0.25) is 0 Å². The van der Waals surface area contributed by atoms with Crippen LogP contribution in [0.25, 0.3) is 11.2 Å². The Kier molecular flexibility index (Phi) is 12.7. The molecule has 0 bridgehead atoms. The molecule has 0 aliphatic carbocycles. The van der Waals surface area contributed by atoms with E-state index in [0.29, 0.717) is 41.7 Å². The van der Waals surface area contributed by atoms with Crippen molar-refractivity contribution < 1.29 is 47.6 Å². The lowest BCUT2D eigenvalue weighted by Gasteiger charge is -2.28. The molecule has 8 atom stereocenters. The summed E-state index contributed by atoms with van der Waals surface area (Å²) in [5, 5.41) is 21.2. The van der Waals surface area contributed by atoms with Crippen LogP contribution in [0, 0.1) is 0 Å². The Balaban J connectivity index is 1.12. The van der Waals surface area contributed by atoms with E-state index in [0.717, 1.165) is 22.0 Å². The summed E-state index contributed by atoms with van der Waals surface area (Å²) in [6.45, 7) is -4.90. The zero-order chi connectivity index (χ0) is 37.5. The third-order valence-electron chi connectivity index (χ3n) is 8.69. The minimum absolute atomic E-state index is 0.140. The first-order valence-corrected chi connectivity index (χ1v) is 19.9. The molecule has 2 aliphatic rings. The number of nitrogen functional groups attached to an aromatic ring is 1. The number of hydrogen-bond acceptors (Lipinski definition) is 17. The Bertz CT molecular complexity index is 2020. The van der Waals surface area contributed by atoms with Gasteiger partial charge in [-0.05, 0) is 42.8 Å². The van der Waals surface area contributed by atoms with Crippen molar-refractivity contribution in [3.8, 4) is 0 Å². The van der Waals surface area contributed by atoms with E-state index in [9.17, 15) is 29.2 Å². The monoisotopic (exact) mass is 777 g/mol. The van der Waals surface area contributed by atoms with Crippen molar-refractivity contribution in [2.45, 2.75) is 68.7 Å². The molecule has 3 aromatic heterocycles. The molecule has 0 saturated carbocycles. The second kappa shape index (κ2) is 17.4. The molecule has 4 aromatic rings. The van der Waals surface area contributed by atoms with Crippen LogP contribution in [-0.4, -0.2) is 108 Å². The molecule has 0 spiro atoms. The number of aliphatic hydroxyl groups is 2. The highest BCUT2D eigenvalue weighted by atomic mass is 32.7. The number of benzene rings is 1. The highest BCUT2D eigenvalue weighted by molar-refractivity contribution is 8.55. The third-order valence-corrected chi connectivity index (χ3v) is 12.5. The minimum Gasteiger partial charge on any atom is -0.462 e. The number of methoxy groups -OCH3 is 1. The first-order chi connectivity index (χ1) is 25.6. The number of aromatic amines is 1. The van der Waals surface area contributed by atoms with Crippen LogP contribution in [0.1, 0.15) is 48.5 Å². The maximum atomic E-state index is 14.5. The van der Waals surface area contributed by atoms with Crippen LogP contribution in [0.5, 0.6) is 0 Å². The standard InChI is InChI=1S/C32H40N7O12PS/c1-46-27-26(21(15-40)50-30(27)38-11-10-23(42)37-32(38)44)51-52(45,53-13-7-3-6-12-47-31(43)19-8-4-2-5-9-19)48-16-22-20(41)14-24(49-22)39-18-36-25-28(33)34-17-35-29(25)39/h2,4-5,8-11,17-18,20-22,24,26-27,30,40-41H,3,6-7,12-16H2,1H3,(H2,33,34,35)(H,37,42,44)/t20-,21-,22-,24-,26+,27?,30-,52?/m1/s1. The van der Waals surface area contributed by atoms with Gasteiger partial charge in [-0.15, -0.1) is 0 Å². The van der Waals surface area contributed by atoms with Crippen molar-refractivity contribution in [2.24, 2.45) is 0 Å². The topological polar surface area (TPSA) is 254 Å². The molecule has 5 N–H and O–H groups in total. The van der Waals surface area contributed by atoms with Crippen molar-refractivity contribution >= 4 is 41.1 Å². The van der Waals surface area contributed by atoms with Gasteiger partial charge in [0.25, 0.3) is 5.56 Å². The van der Waals surface area contributed by atoms with Crippen molar-refractivity contribution in [2.75, 3.05) is 38.4 Å². The number of nitrogens with zero attached hydrogens (tertiary/aromatic N) is 5. The van der Waals surface area contributed by atoms with Crippen LogP contribution in [0.15, 0.2) is 64.8 Å². The molecule has 53 heavy (non-hydrogen) atoms. The van der Waals surface area contributed by atoms with Crippen LogP contribution < -0.4 is 17.0 Å². The van der Waals surface area contributed by atoms with Gasteiger partial charge in [-0.25, -0.2) is 29.1 Å². The first kappa shape index (κ1) is 38.7. The number of esters is 1. The number of anilines is 1. The Labute approximate surface area is 306 Å². The summed E-state index contributed by atoms with van der Waals surface area (Å²) < 4.78 is 52.3. The lowest BCUT2D eigenvalue weighted by molar-refractivity contribution is -0.0625. The third kappa shape index (κ3) is 9.05. The summed E-state index contributed by atoms with van der Waals surface area (Å²) in [7, 11) is 1.33. The summed E-state index contributed by atoms with van der Waals surface area (Å²) in [6, 6.07) is 9.77. The summed E-state index contributed by atoms with van der Waals surface area (Å²) in [5.41, 5.74) is 5.76. The van der Waals surface area contributed by atoms with Crippen LogP contribution in [0.4, 0.5) is 5.82 Å². The highest BCUT2D eigenvalue weighted by Gasteiger charge is 2.50. The van der Waals surface area contributed by atoms with Gasteiger partial charge in [0.05, 0.1) is 37.8 Å².